The van der Waals surface area contributed by atoms with Crippen LogP contribution in [0.1, 0.15) is 48.2 Å². The molecule has 1 aliphatic carbocycles. The van der Waals surface area contributed by atoms with E-state index in [1.165, 1.54) is 43.9 Å². The molecule has 0 bridgehead atoms. The standard InChI is InChI=1S/C22H27BrN2O3S/c1-25(14-17-11-12-20(23)28-17)22(27)18-9-5-6-10-19(18)29-15-21(26)24-13-16-7-3-2-4-8-16/h5-6,9-12,16H,2-4,7-8,13-15H2,1H3,(H,24,26). The van der Waals surface area contributed by atoms with Crippen LogP contribution in [-0.4, -0.2) is 36.1 Å². The summed E-state index contributed by atoms with van der Waals surface area (Å²) in [6.45, 7) is 1.15. The number of hydrogen-bond acceptors (Lipinski definition) is 4. The van der Waals surface area contributed by atoms with Crippen molar-refractivity contribution in [1.82, 2.24) is 10.2 Å². The average molecular weight is 479 g/mol. The van der Waals surface area contributed by atoms with Gasteiger partial charge in [-0.05, 0) is 59.0 Å². The third-order valence-electron chi connectivity index (χ3n) is 5.16. The molecule has 1 fully saturated rings. The molecule has 0 atom stereocenters. The summed E-state index contributed by atoms with van der Waals surface area (Å²) < 4.78 is 6.13. The number of carbonyl (C=O) groups excluding carboxylic acids is 2. The maximum absolute atomic E-state index is 12.9. The maximum Gasteiger partial charge on any atom is 0.255 e. The van der Waals surface area contributed by atoms with Gasteiger partial charge in [0.25, 0.3) is 5.91 Å². The molecule has 1 heterocycles. The number of nitrogens with one attached hydrogen (secondary N) is 1. The van der Waals surface area contributed by atoms with Gasteiger partial charge >= 0.3 is 0 Å². The Bertz CT molecular complexity index is 833. The van der Waals surface area contributed by atoms with Gasteiger partial charge in [-0.25, -0.2) is 0 Å². The molecule has 156 valence electrons. The normalized spacial score (nSPS) is 14.6. The molecule has 29 heavy (non-hydrogen) atoms. The lowest BCUT2D eigenvalue weighted by atomic mass is 9.89. The van der Waals surface area contributed by atoms with Crippen LogP contribution in [0.5, 0.6) is 0 Å². The highest BCUT2D eigenvalue weighted by molar-refractivity contribution is 9.10. The zero-order valence-electron chi connectivity index (χ0n) is 16.7. The smallest absolute Gasteiger partial charge is 0.255 e. The van der Waals surface area contributed by atoms with Gasteiger partial charge in [-0.15, -0.1) is 11.8 Å². The summed E-state index contributed by atoms with van der Waals surface area (Å²) in [4.78, 5) is 27.6. The first-order valence-corrected chi connectivity index (χ1v) is 11.8. The minimum Gasteiger partial charge on any atom is -0.452 e. The second kappa shape index (κ2) is 10.9. The van der Waals surface area contributed by atoms with E-state index in [1.807, 2.05) is 30.3 Å². The van der Waals surface area contributed by atoms with E-state index in [9.17, 15) is 9.59 Å². The largest absolute Gasteiger partial charge is 0.452 e. The molecule has 1 saturated carbocycles. The summed E-state index contributed by atoms with van der Waals surface area (Å²) in [6.07, 6.45) is 6.28. The third kappa shape index (κ3) is 6.64. The monoisotopic (exact) mass is 478 g/mol. The lowest BCUT2D eigenvalue weighted by Crippen LogP contribution is -2.31. The number of hydrogen-bond donors (Lipinski definition) is 1. The van der Waals surface area contributed by atoms with Crippen LogP contribution in [0.15, 0.2) is 50.4 Å². The van der Waals surface area contributed by atoms with Gasteiger partial charge in [0.05, 0.1) is 17.9 Å². The van der Waals surface area contributed by atoms with Crippen molar-refractivity contribution in [2.75, 3.05) is 19.3 Å². The summed E-state index contributed by atoms with van der Waals surface area (Å²) >= 11 is 4.68. The lowest BCUT2D eigenvalue weighted by Gasteiger charge is -2.21. The summed E-state index contributed by atoms with van der Waals surface area (Å²) in [5, 5.41) is 3.06. The zero-order valence-corrected chi connectivity index (χ0v) is 19.1. The van der Waals surface area contributed by atoms with Crippen molar-refractivity contribution in [2.24, 2.45) is 5.92 Å². The van der Waals surface area contributed by atoms with Crippen molar-refractivity contribution >= 4 is 39.5 Å². The van der Waals surface area contributed by atoms with E-state index in [0.717, 1.165) is 11.4 Å². The average Bonchev–Trinajstić information content (AvgIpc) is 3.15. The second-order valence-corrected chi connectivity index (χ2v) is 9.26. The Morgan fingerprint density at radius 1 is 1.17 bits per heavy atom. The number of carbonyl (C=O) groups is 2. The van der Waals surface area contributed by atoms with Crippen LogP contribution in [0.4, 0.5) is 0 Å². The molecule has 0 saturated heterocycles. The second-order valence-electron chi connectivity index (χ2n) is 7.46. The van der Waals surface area contributed by atoms with E-state index >= 15 is 0 Å². The van der Waals surface area contributed by atoms with Gasteiger partial charge in [0.2, 0.25) is 5.91 Å². The molecule has 0 radical (unpaired) electrons. The van der Waals surface area contributed by atoms with Crippen LogP contribution in [0.3, 0.4) is 0 Å². The number of halogens is 1. The highest BCUT2D eigenvalue weighted by Gasteiger charge is 2.18. The van der Waals surface area contributed by atoms with E-state index in [-0.39, 0.29) is 11.8 Å². The Morgan fingerprint density at radius 3 is 2.66 bits per heavy atom. The molecule has 0 aliphatic heterocycles. The van der Waals surface area contributed by atoms with Crippen molar-refractivity contribution < 1.29 is 14.0 Å². The Morgan fingerprint density at radius 2 is 1.93 bits per heavy atom. The summed E-state index contributed by atoms with van der Waals surface area (Å²) in [6, 6.07) is 11.1. The summed E-state index contributed by atoms with van der Waals surface area (Å²) in [5.41, 5.74) is 0.603. The molecular formula is C22H27BrN2O3S. The molecule has 2 aromatic rings. The van der Waals surface area contributed by atoms with Gasteiger partial charge in [-0.2, -0.15) is 0 Å². The van der Waals surface area contributed by atoms with Crippen molar-refractivity contribution in [3.8, 4) is 0 Å². The minimum atomic E-state index is -0.0942. The Hall–Kier alpha value is -1.73. The summed E-state index contributed by atoms with van der Waals surface area (Å²) in [5.74, 6) is 1.56. The number of nitrogens with zero attached hydrogens (tertiary/aromatic N) is 1. The van der Waals surface area contributed by atoms with Crippen LogP contribution in [-0.2, 0) is 11.3 Å². The minimum absolute atomic E-state index is 0.0246. The molecule has 5 nitrogen and oxygen atoms in total. The first kappa shape index (κ1) is 22.0. The molecule has 1 N–H and O–H groups in total. The predicted molar refractivity (Wildman–Crippen MR) is 119 cm³/mol. The molecule has 3 rings (SSSR count). The quantitative estimate of drug-likeness (QED) is 0.535. The molecule has 7 heteroatoms. The van der Waals surface area contributed by atoms with Crippen LogP contribution >= 0.6 is 27.7 Å². The molecule has 0 spiro atoms. The molecule has 1 aromatic heterocycles. The van der Waals surface area contributed by atoms with Crippen molar-refractivity contribution in [3.63, 3.8) is 0 Å². The highest BCUT2D eigenvalue weighted by atomic mass is 79.9. The van der Waals surface area contributed by atoms with E-state index in [2.05, 4.69) is 21.2 Å². The predicted octanol–water partition coefficient (Wildman–Crippen LogP) is 5.10. The lowest BCUT2D eigenvalue weighted by molar-refractivity contribution is -0.118. The van der Waals surface area contributed by atoms with E-state index < -0.39 is 0 Å². The van der Waals surface area contributed by atoms with Gasteiger partial charge < -0.3 is 14.6 Å². The van der Waals surface area contributed by atoms with Crippen molar-refractivity contribution in [1.29, 1.82) is 0 Å². The topological polar surface area (TPSA) is 62.6 Å². The number of benzene rings is 1. The van der Waals surface area contributed by atoms with Gasteiger partial charge in [-0.3, -0.25) is 9.59 Å². The van der Waals surface area contributed by atoms with Gasteiger partial charge in [-0.1, -0.05) is 31.4 Å². The molecule has 2 amide bonds. The number of amides is 2. The van der Waals surface area contributed by atoms with E-state index in [4.69, 9.17) is 4.42 Å². The molecular weight excluding hydrogens is 452 g/mol. The maximum atomic E-state index is 12.9. The van der Waals surface area contributed by atoms with Crippen LogP contribution < -0.4 is 5.32 Å². The van der Waals surface area contributed by atoms with Crippen LogP contribution in [0.25, 0.3) is 0 Å². The highest BCUT2D eigenvalue weighted by Crippen LogP contribution is 2.25. The summed E-state index contributed by atoms with van der Waals surface area (Å²) in [7, 11) is 1.75. The van der Waals surface area contributed by atoms with E-state index in [0.29, 0.717) is 34.2 Å². The number of thioether (sulfide) groups is 1. The van der Waals surface area contributed by atoms with E-state index in [1.54, 1.807) is 18.0 Å². The van der Waals surface area contributed by atoms with Crippen molar-refractivity contribution in [2.45, 2.75) is 43.5 Å². The Labute approximate surface area is 184 Å². The van der Waals surface area contributed by atoms with Crippen molar-refractivity contribution in [3.05, 3.63) is 52.4 Å². The Kier molecular flexibility index (Phi) is 8.24. The SMILES string of the molecule is CN(Cc1ccc(Br)o1)C(=O)c1ccccc1SCC(=O)NCC1CCCCC1. The molecule has 0 unspecified atom stereocenters. The first-order valence-electron chi connectivity index (χ1n) is 10.0. The number of furan rings is 1. The Balaban J connectivity index is 1.53. The zero-order chi connectivity index (χ0) is 20.6. The van der Waals surface area contributed by atoms with Gasteiger partial charge in [0.15, 0.2) is 4.67 Å². The fraction of sp³-hybridized carbons (Fsp3) is 0.455. The first-order chi connectivity index (χ1) is 14.0. The molecule has 1 aromatic carbocycles. The van der Waals surface area contributed by atoms with Crippen LogP contribution in [0.2, 0.25) is 0 Å². The fourth-order valence-corrected chi connectivity index (χ4v) is 4.78. The van der Waals surface area contributed by atoms with Crippen LogP contribution in [0, 0.1) is 5.92 Å². The van der Waals surface area contributed by atoms with Gasteiger partial charge in [0, 0.05) is 18.5 Å². The number of rotatable bonds is 8. The van der Waals surface area contributed by atoms with Gasteiger partial charge in [0.1, 0.15) is 5.76 Å². The fourth-order valence-electron chi connectivity index (χ4n) is 3.56. The molecule has 1 aliphatic rings. The third-order valence-corrected chi connectivity index (χ3v) is 6.66.